The molecule has 0 N–H and O–H groups in total. The smallest absolute Gasteiger partial charge is 0.212 e. The van der Waals surface area contributed by atoms with E-state index in [0.29, 0.717) is 39.0 Å². The molecule has 9 heteroatoms. The normalized spacial score (nSPS) is 12.9. The van der Waals surface area contributed by atoms with E-state index in [2.05, 4.69) is 10.2 Å². The molecule has 2 aromatic carbocycles. The van der Waals surface area contributed by atoms with E-state index in [-0.39, 0.29) is 0 Å². The Morgan fingerprint density at radius 2 is 1.71 bits per heavy atom. The fourth-order valence-electron chi connectivity index (χ4n) is 2.95. The van der Waals surface area contributed by atoms with Gasteiger partial charge in [0.2, 0.25) is 10.9 Å². The van der Waals surface area contributed by atoms with Crippen LogP contribution in [-0.4, -0.2) is 47.7 Å². The zero-order valence-corrected chi connectivity index (χ0v) is 17.0. The van der Waals surface area contributed by atoms with Gasteiger partial charge < -0.3 is 14.2 Å². The highest BCUT2D eigenvalue weighted by Crippen LogP contribution is 2.41. The van der Waals surface area contributed by atoms with Gasteiger partial charge >= 0.3 is 0 Å². The molecule has 1 aliphatic heterocycles. The number of fused-ring (bicyclic) bond motifs is 1. The van der Waals surface area contributed by atoms with Crippen LogP contribution in [0.15, 0.2) is 46.7 Å². The number of methoxy groups -OCH3 is 3. The van der Waals surface area contributed by atoms with Crippen LogP contribution in [0.5, 0.6) is 17.2 Å². The number of benzene rings is 2. The van der Waals surface area contributed by atoms with Crippen LogP contribution in [0.4, 0.5) is 0 Å². The fraction of sp³-hybridized carbons (Fsp3) is 0.211. The van der Waals surface area contributed by atoms with Crippen LogP contribution in [0.2, 0.25) is 5.02 Å². The number of nitrogens with zero attached hydrogens (tertiary/aromatic N) is 4. The monoisotopic (exact) mass is 416 g/mol. The molecule has 4 rings (SSSR count). The largest absolute Gasteiger partial charge is 0.493 e. The lowest BCUT2D eigenvalue weighted by molar-refractivity contribution is 0.324. The molecule has 3 aromatic rings. The average Bonchev–Trinajstić information content (AvgIpc) is 3.16. The van der Waals surface area contributed by atoms with Crippen molar-refractivity contribution in [3.8, 4) is 28.6 Å². The summed E-state index contributed by atoms with van der Waals surface area (Å²) in [5.41, 5.74) is 2.50. The number of rotatable bonds is 5. The molecule has 7 nitrogen and oxygen atoms in total. The summed E-state index contributed by atoms with van der Waals surface area (Å²) in [6, 6.07) is 11.3. The fourth-order valence-corrected chi connectivity index (χ4v) is 4.02. The van der Waals surface area contributed by atoms with E-state index in [1.165, 1.54) is 0 Å². The Bertz CT molecular complexity index is 1040. The third-order valence-corrected chi connectivity index (χ3v) is 5.54. The van der Waals surface area contributed by atoms with Gasteiger partial charge in [-0.05, 0) is 18.2 Å². The molecule has 0 radical (unpaired) electrons. The van der Waals surface area contributed by atoms with Crippen LogP contribution < -0.4 is 14.2 Å². The summed E-state index contributed by atoms with van der Waals surface area (Å²) < 4.78 is 18.0. The van der Waals surface area contributed by atoms with E-state index in [9.17, 15) is 0 Å². The summed E-state index contributed by atoms with van der Waals surface area (Å²) in [5, 5.41) is 14.7. The summed E-state index contributed by atoms with van der Waals surface area (Å²) in [5.74, 6) is 2.82. The van der Waals surface area contributed by atoms with Crippen molar-refractivity contribution in [1.82, 2.24) is 14.9 Å². The molecular formula is C19H17ClN4O3S. The number of thioether (sulfide) groups is 1. The average molecular weight is 417 g/mol. The van der Waals surface area contributed by atoms with Gasteiger partial charge in [-0.25, -0.2) is 0 Å². The quantitative estimate of drug-likeness (QED) is 0.626. The molecule has 1 aromatic heterocycles. The van der Waals surface area contributed by atoms with Crippen molar-refractivity contribution in [2.75, 3.05) is 27.1 Å². The Hall–Kier alpha value is -2.71. The number of ether oxygens (including phenoxy) is 3. The number of aromatic nitrogens is 3. The van der Waals surface area contributed by atoms with Crippen molar-refractivity contribution >= 4 is 29.1 Å². The number of hydrogen-bond donors (Lipinski definition) is 0. The third kappa shape index (κ3) is 3.18. The van der Waals surface area contributed by atoms with Gasteiger partial charge in [-0.15, -0.1) is 10.2 Å². The Kier molecular flexibility index (Phi) is 5.15. The van der Waals surface area contributed by atoms with E-state index >= 15 is 0 Å². The van der Waals surface area contributed by atoms with Crippen LogP contribution >= 0.6 is 23.4 Å². The van der Waals surface area contributed by atoms with Gasteiger partial charge in [0.25, 0.3) is 0 Å². The molecule has 144 valence electrons. The van der Waals surface area contributed by atoms with Gasteiger partial charge in [0.15, 0.2) is 17.3 Å². The van der Waals surface area contributed by atoms with Gasteiger partial charge in [0.05, 0.1) is 27.0 Å². The molecule has 0 spiro atoms. The van der Waals surface area contributed by atoms with E-state index in [0.717, 1.165) is 16.8 Å². The third-order valence-electron chi connectivity index (χ3n) is 4.28. The second-order valence-electron chi connectivity index (χ2n) is 5.85. The lowest BCUT2D eigenvalue weighted by atomic mass is 10.1. The molecule has 0 saturated heterocycles. The summed E-state index contributed by atoms with van der Waals surface area (Å²) in [6.45, 7) is 0. The predicted octanol–water partition coefficient (Wildman–Crippen LogP) is 3.98. The Morgan fingerprint density at radius 1 is 1.00 bits per heavy atom. The minimum absolute atomic E-state index is 0.516. The first-order valence-corrected chi connectivity index (χ1v) is 9.74. The van der Waals surface area contributed by atoms with Crippen molar-refractivity contribution in [3.63, 3.8) is 0 Å². The van der Waals surface area contributed by atoms with Crippen molar-refractivity contribution in [3.05, 3.63) is 47.0 Å². The maximum atomic E-state index is 6.35. The highest BCUT2D eigenvalue weighted by Gasteiger charge is 2.23. The first-order chi connectivity index (χ1) is 13.7. The molecule has 2 heterocycles. The Labute approximate surface area is 171 Å². The second kappa shape index (κ2) is 7.73. The Morgan fingerprint density at radius 3 is 2.36 bits per heavy atom. The molecule has 0 atom stereocenters. The van der Waals surface area contributed by atoms with Crippen LogP contribution in [0.1, 0.15) is 5.56 Å². The van der Waals surface area contributed by atoms with Gasteiger partial charge in [0.1, 0.15) is 0 Å². The molecule has 0 amide bonds. The van der Waals surface area contributed by atoms with E-state index in [1.807, 2.05) is 36.4 Å². The molecule has 0 fully saturated rings. The van der Waals surface area contributed by atoms with Crippen LogP contribution in [0.3, 0.4) is 0 Å². The van der Waals surface area contributed by atoms with Crippen LogP contribution in [-0.2, 0) is 0 Å². The SMILES string of the molecule is COc1cc(-c2nnc3n2N=C(c2ccccc2Cl)CS3)cc(OC)c1OC. The van der Waals surface area contributed by atoms with Gasteiger partial charge in [0, 0.05) is 21.9 Å². The van der Waals surface area contributed by atoms with E-state index < -0.39 is 0 Å². The standard InChI is InChI=1S/C19H17ClN4O3S/c1-25-15-8-11(9-16(26-2)17(15)27-3)18-21-22-19-24(18)23-14(10-28-19)12-6-4-5-7-13(12)20/h4-9H,10H2,1-3H3. The van der Waals surface area contributed by atoms with Crippen molar-refractivity contribution in [1.29, 1.82) is 0 Å². The lowest BCUT2D eigenvalue weighted by Gasteiger charge is -2.16. The first kappa shape index (κ1) is 18.6. The summed E-state index contributed by atoms with van der Waals surface area (Å²) in [7, 11) is 4.71. The highest BCUT2D eigenvalue weighted by molar-refractivity contribution is 7.99. The van der Waals surface area contributed by atoms with Crippen LogP contribution in [0, 0.1) is 0 Å². The first-order valence-electron chi connectivity index (χ1n) is 8.37. The molecule has 0 unspecified atom stereocenters. The Balaban J connectivity index is 1.84. The van der Waals surface area contributed by atoms with Crippen LogP contribution in [0.25, 0.3) is 11.4 Å². The zero-order valence-electron chi connectivity index (χ0n) is 15.5. The zero-order chi connectivity index (χ0) is 19.7. The van der Waals surface area contributed by atoms with Gasteiger partial charge in [-0.2, -0.15) is 9.78 Å². The lowest BCUT2D eigenvalue weighted by Crippen LogP contribution is -2.14. The minimum Gasteiger partial charge on any atom is -0.493 e. The highest BCUT2D eigenvalue weighted by atomic mass is 35.5. The van der Waals surface area contributed by atoms with E-state index in [4.69, 9.17) is 30.9 Å². The molecule has 28 heavy (non-hydrogen) atoms. The number of hydrogen-bond acceptors (Lipinski definition) is 7. The second-order valence-corrected chi connectivity index (χ2v) is 7.20. The summed E-state index contributed by atoms with van der Waals surface area (Å²) in [4.78, 5) is 0. The van der Waals surface area contributed by atoms with Crippen molar-refractivity contribution in [2.24, 2.45) is 5.10 Å². The molecule has 0 aliphatic carbocycles. The minimum atomic E-state index is 0.516. The van der Waals surface area contributed by atoms with Crippen molar-refractivity contribution in [2.45, 2.75) is 5.16 Å². The van der Waals surface area contributed by atoms with Crippen molar-refractivity contribution < 1.29 is 14.2 Å². The molecular weight excluding hydrogens is 400 g/mol. The van der Waals surface area contributed by atoms with Gasteiger partial charge in [-0.3, -0.25) is 0 Å². The number of halogens is 1. The molecule has 0 saturated carbocycles. The van der Waals surface area contributed by atoms with Gasteiger partial charge in [-0.1, -0.05) is 41.6 Å². The predicted molar refractivity (Wildman–Crippen MR) is 109 cm³/mol. The maximum absolute atomic E-state index is 6.35. The summed E-state index contributed by atoms with van der Waals surface area (Å²) in [6.07, 6.45) is 0. The van der Waals surface area contributed by atoms with E-state index in [1.54, 1.807) is 37.8 Å². The topological polar surface area (TPSA) is 70.8 Å². The molecule has 1 aliphatic rings. The summed E-state index contributed by atoms with van der Waals surface area (Å²) >= 11 is 7.91. The molecule has 0 bridgehead atoms. The maximum Gasteiger partial charge on any atom is 0.212 e.